The van der Waals surface area contributed by atoms with Crippen LogP contribution in [0.4, 0.5) is 0 Å². The number of aryl methyl sites for hydroxylation is 1. The Labute approximate surface area is 96.1 Å². The molecule has 0 radical (unpaired) electrons. The number of nitriles is 1. The van der Waals surface area contributed by atoms with Gasteiger partial charge in [-0.15, -0.1) is 0 Å². The maximum Gasteiger partial charge on any atom is 0.240 e. The van der Waals surface area contributed by atoms with Crippen LogP contribution in [-0.2, 0) is 11.3 Å². The van der Waals surface area contributed by atoms with Gasteiger partial charge < -0.3 is 5.32 Å². The lowest BCUT2D eigenvalue weighted by Crippen LogP contribution is -2.35. The van der Waals surface area contributed by atoms with Crippen LogP contribution in [0.1, 0.15) is 25.0 Å². The van der Waals surface area contributed by atoms with Crippen molar-refractivity contribution in [3.05, 3.63) is 35.4 Å². The molecule has 0 atom stereocenters. The summed E-state index contributed by atoms with van der Waals surface area (Å²) in [5.41, 5.74) is 1.23. The fraction of sp³-hybridized carbons (Fsp3) is 0.385. The van der Waals surface area contributed by atoms with E-state index in [1.54, 1.807) is 13.8 Å². The summed E-state index contributed by atoms with van der Waals surface area (Å²) in [6.45, 7) is 5.69. The average molecular weight is 216 g/mol. The molecule has 3 nitrogen and oxygen atoms in total. The van der Waals surface area contributed by atoms with Crippen molar-refractivity contribution in [2.75, 3.05) is 0 Å². The van der Waals surface area contributed by atoms with Crippen LogP contribution in [0.15, 0.2) is 24.3 Å². The molecule has 0 spiro atoms. The van der Waals surface area contributed by atoms with Gasteiger partial charge in [-0.3, -0.25) is 4.79 Å². The van der Waals surface area contributed by atoms with Crippen LogP contribution in [0.5, 0.6) is 0 Å². The summed E-state index contributed by atoms with van der Waals surface area (Å²) in [6, 6.07) is 9.90. The third kappa shape index (κ3) is 3.09. The third-order valence-corrected chi connectivity index (χ3v) is 2.38. The van der Waals surface area contributed by atoms with Crippen molar-refractivity contribution in [1.29, 1.82) is 5.26 Å². The molecule has 0 saturated heterocycles. The summed E-state index contributed by atoms with van der Waals surface area (Å²) in [4.78, 5) is 11.6. The van der Waals surface area contributed by atoms with E-state index in [9.17, 15) is 4.79 Å². The van der Waals surface area contributed by atoms with Gasteiger partial charge in [-0.25, -0.2) is 0 Å². The van der Waals surface area contributed by atoms with Crippen LogP contribution in [0.3, 0.4) is 0 Å². The summed E-state index contributed by atoms with van der Waals surface area (Å²) in [6.07, 6.45) is 0. The minimum Gasteiger partial charge on any atom is -0.351 e. The van der Waals surface area contributed by atoms with Crippen molar-refractivity contribution in [1.82, 2.24) is 5.32 Å². The van der Waals surface area contributed by atoms with Gasteiger partial charge in [0, 0.05) is 6.54 Å². The number of carbonyl (C=O) groups is 1. The number of carbonyl (C=O) groups excluding carboxylic acids is 1. The monoisotopic (exact) mass is 216 g/mol. The van der Waals surface area contributed by atoms with Gasteiger partial charge >= 0.3 is 0 Å². The highest BCUT2D eigenvalue weighted by molar-refractivity contribution is 5.84. The number of hydrogen-bond donors (Lipinski definition) is 1. The summed E-state index contributed by atoms with van der Waals surface area (Å²) in [5.74, 6) is -0.239. The van der Waals surface area contributed by atoms with E-state index in [4.69, 9.17) is 5.26 Å². The molecule has 16 heavy (non-hydrogen) atoms. The van der Waals surface area contributed by atoms with Crippen LogP contribution >= 0.6 is 0 Å². The van der Waals surface area contributed by atoms with Crippen molar-refractivity contribution in [3.63, 3.8) is 0 Å². The molecule has 1 aromatic rings. The number of nitrogens with zero attached hydrogens (tertiary/aromatic N) is 1. The number of hydrogen-bond acceptors (Lipinski definition) is 2. The van der Waals surface area contributed by atoms with E-state index in [0.29, 0.717) is 6.54 Å². The molecule has 0 aromatic heterocycles. The number of rotatable bonds is 3. The van der Waals surface area contributed by atoms with E-state index in [1.807, 2.05) is 37.3 Å². The zero-order valence-corrected chi connectivity index (χ0v) is 9.87. The second-order valence-corrected chi connectivity index (χ2v) is 4.41. The first kappa shape index (κ1) is 12.3. The first-order valence-corrected chi connectivity index (χ1v) is 5.21. The molecule has 0 aliphatic heterocycles. The molecule has 1 amide bonds. The minimum atomic E-state index is -0.968. The second kappa shape index (κ2) is 4.80. The van der Waals surface area contributed by atoms with Gasteiger partial charge in [-0.1, -0.05) is 29.8 Å². The predicted molar refractivity (Wildman–Crippen MR) is 62.4 cm³/mol. The van der Waals surface area contributed by atoms with Crippen molar-refractivity contribution >= 4 is 5.91 Å². The molecule has 1 aromatic carbocycles. The maximum atomic E-state index is 11.6. The Hall–Kier alpha value is -1.82. The maximum absolute atomic E-state index is 11.6. The molecule has 1 N–H and O–H groups in total. The first-order valence-electron chi connectivity index (χ1n) is 5.21. The van der Waals surface area contributed by atoms with Crippen molar-refractivity contribution < 1.29 is 4.79 Å². The Morgan fingerprint density at radius 1 is 1.50 bits per heavy atom. The molecule has 0 aliphatic rings. The normalized spacial score (nSPS) is 10.6. The van der Waals surface area contributed by atoms with Gasteiger partial charge in [0.2, 0.25) is 5.91 Å². The van der Waals surface area contributed by atoms with E-state index in [-0.39, 0.29) is 5.91 Å². The highest BCUT2D eigenvalue weighted by atomic mass is 16.2. The minimum absolute atomic E-state index is 0.239. The molecule has 3 heteroatoms. The number of amides is 1. The van der Waals surface area contributed by atoms with E-state index in [0.717, 1.165) is 11.1 Å². The first-order chi connectivity index (χ1) is 7.45. The van der Waals surface area contributed by atoms with E-state index >= 15 is 0 Å². The van der Waals surface area contributed by atoms with E-state index in [1.165, 1.54) is 0 Å². The van der Waals surface area contributed by atoms with Gasteiger partial charge in [0.1, 0.15) is 5.41 Å². The molecule has 0 aliphatic carbocycles. The Kier molecular flexibility index (Phi) is 3.68. The van der Waals surface area contributed by atoms with Gasteiger partial charge in [0.15, 0.2) is 0 Å². The Bertz CT molecular complexity index is 430. The molecule has 84 valence electrons. The summed E-state index contributed by atoms with van der Waals surface area (Å²) < 4.78 is 0. The van der Waals surface area contributed by atoms with Crippen LogP contribution < -0.4 is 5.32 Å². The molecule has 0 fully saturated rings. The molecule has 0 saturated carbocycles. The SMILES string of the molecule is Cc1cccc(CNC(=O)C(C)(C)C#N)c1. The number of nitrogens with one attached hydrogen (secondary N) is 1. The Morgan fingerprint density at radius 3 is 2.75 bits per heavy atom. The highest BCUT2D eigenvalue weighted by Crippen LogP contribution is 2.13. The van der Waals surface area contributed by atoms with Crippen LogP contribution in [0, 0.1) is 23.7 Å². The van der Waals surface area contributed by atoms with Gasteiger partial charge in [0.25, 0.3) is 0 Å². The molecular weight excluding hydrogens is 200 g/mol. The fourth-order valence-electron chi connectivity index (χ4n) is 1.28. The Balaban J connectivity index is 2.60. The van der Waals surface area contributed by atoms with Gasteiger partial charge in [-0.05, 0) is 26.3 Å². The van der Waals surface area contributed by atoms with Crippen LogP contribution in [-0.4, -0.2) is 5.91 Å². The molecule has 1 rings (SSSR count). The second-order valence-electron chi connectivity index (χ2n) is 4.41. The quantitative estimate of drug-likeness (QED) is 0.841. The van der Waals surface area contributed by atoms with Crippen molar-refractivity contribution in [3.8, 4) is 6.07 Å². The zero-order chi connectivity index (χ0) is 12.2. The Morgan fingerprint density at radius 2 is 2.19 bits per heavy atom. The molecule has 0 unspecified atom stereocenters. The van der Waals surface area contributed by atoms with Gasteiger partial charge in [0.05, 0.1) is 6.07 Å². The van der Waals surface area contributed by atoms with Crippen LogP contribution in [0.2, 0.25) is 0 Å². The smallest absolute Gasteiger partial charge is 0.240 e. The molecule has 0 bridgehead atoms. The molecule has 0 heterocycles. The predicted octanol–water partition coefficient (Wildman–Crippen LogP) is 2.16. The summed E-state index contributed by atoms with van der Waals surface area (Å²) in [5, 5.41) is 11.6. The van der Waals surface area contributed by atoms with E-state index in [2.05, 4.69) is 5.32 Å². The zero-order valence-electron chi connectivity index (χ0n) is 9.87. The summed E-state index contributed by atoms with van der Waals surface area (Å²) in [7, 11) is 0. The van der Waals surface area contributed by atoms with E-state index < -0.39 is 5.41 Å². The lowest BCUT2D eigenvalue weighted by Gasteiger charge is -2.15. The molecular formula is C13H16N2O. The third-order valence-electron chi connectivity index (χ3n) is 2.38. The standard InChI is InChI=1S/C13H16N2O/c1-10-5-4-6-11(7-10)8-15-12(16)13(2,3)9-14/h4-7H,8H2,1-3H3,(H,15,16). The lowest BCUT2D eigenvalue weighted by atomic mass is 9.94. The lowest BCUT2D eigenvalue weighted by molar-refractivity contribution is -0.126. The number of benzene rings is 1. The average Bonchev–Trinajstić information content (AvgIpc) is 2.26. The fourth-order valence-corrected chi connectivity index (χ4v) is 1.28. The van der Waals surface area contributed by atoms with Crippen molar-refractivity contribution in [2.24, 2.45) is 5.41 Å². The van der Waals surface area contributed by atoms with Crippen molar-refractivity contribution in [2.45, 2.75) is 27.3 Å². The van der Waals surface area contributed by atoms with Crippen LogP contribution in [0.25, 0.3) is 0 Å². The summed E-state index contributed by atoms with van der Waals surface area (Å²) >= 11 is 0. The largest absolute Gasteiger partial charge is 0.351 e. The van der Waals surface area contributed by atoms with Gasteiger partial charge in [-0.2, -0.15) is 5.26 Å². The highest BCUT2D eigenvalue weighted by Gasteiger charge is 2.26. The topological polar surface area (TPSA) is 52.9 Å².